The molecule has 4 heteroatoms. The van der Waals surface area contributed by atoms with E-state index in [4.69, 9.17) is 21.1 Å². The summed E-state index contributed by atoms with van der Waals surface area (Å²) in [5.41, 5.74) is 1.74. The fourth-order valence-electron chi connectivity index (χ4n) is 3.00. The summed E-state index contributed by atoms with van der Waals surface area (Å²) in [4.78, 5) is 12.5. The highest BCUT2D eigenvalue weighted by atomic mass is 35.5. The minimum absolute atomic E-state index is 0.0122. The number of cyclic esters (lactones) is 1. The maximum Gasteiger partial charge on any atom is 0.319 e. The van der Waals surface area contributed by atoms with Gasteiger partial charge in [-0.05, 0) is 36.4 Å². The number of halogens is 1. The molecule has 2 aromatic carbocycles. The van der Waals surface area contributed by atoms with E-state index < -0.39 is 0 Å². The number of fused-ring (bicyclic) bond motifs is 3. The van der Waals surface area contributed by atoms with Gasteiger partial charge in [-0.15, -0.1) is 0 Å². The second kappa shape index (κ2) is 5.18. The Balaban J connectivity index is 1.73. The Morgan fingerprint density at radius 3 is 2.64 bits per heavy atom. The van der Waals surface area contributed by atoms with Gasteiger partial charge in [-0.3, -0.25) is 4.79 Å². The molecule has 2 aliphatic heterocycles. The van der Waals surface area contributed by atoms with Crippen LogP contribution in [0.1, 0.15) is 17.0 Å². The van der Waals surface area contributed by atoms with Crippen molar-refractivity contribution in [2.75, 3.05) is 6.61 Å². The molecule has 0 aromatic heterocycles. The van der Waals surface area contributed by atoms with Crippen molar-refractivity contribution in [3.8, 4) is 5.75 Å². The molecule has 2 aromatic rings. The number of esters is 1. The average Bonchev–Trinajstić information content (AvgIpc) is 2.55. The van der Waals surface area contributed by atoms with Crippen LogP contribution in [-0.2, 0) is 9.53 Å². The summed E-state index contributed by atoms with van der Waals surface area (Å²) in [6.45, 7) is 0.480. The lowest BCUT2D eigenvalue weighted by Gasteiger charge is -2.34. The molecule has 0 spiro atoms. The fraction of sp³-hybridized carbons (Fsp3) is 0.167. The lowest BCUT2D eigenvalue weighted by Crippen LogP contribution is -2.34. The zero-order valence-corrected chi connectivity index (χ0v) is 12.4. The lowest BCUT2D eigenvalue weighted by molar-refractivity contribution is -0.141. The summed E-state index contributed by atoms with van der Waals surface area (Å²) in [5, 5.41) is 0.652. The first-order valence-electron chi connectivity index (χ1n) is 7.13. The number of ether oxygens (including phenoxy) is 2. The van der Waals surface area contributed by atoms with Crippen LogP contribution < -0.4 is 4.74 Å². The topological polar surface area (TPSA) is 35.5 Å². The molecule has 110 valence electrons. The van der Waals surface area contributed by atoms with E-state index in [0.29, 0.717) is 17.4 Å². The molecule has 0 saturated heterocycles. The van der Waals surface area contributed by atoms with Crippen LogP contribution >= 0.6 is 11.6 Å². The Bertz CT molecular complexity index is 764. The van der Waals surface area contributed by atoms with Crippen molar-refractivity contribution in [1.29, 1.82) is 0 Å². The smallest absolute Gasteiger partial charge is 0.319 e. The summed E-state index contributed by atoms with van der Waals surface area (Å²) in [6.07, 6.45) is 1.98. The van der Waals surface area contributed by atoms with Gasteiger partial charge in [-0.2, -0.15) is 0 Å². The van der Waals surface area contributed by atoms with Gasteiger partial charge in [0.25, 0.3) is 0 Å². The van der Waals surface area contributed by atoms with Crippen molar-refractivity contribution in [1.82, 2.24) is 0 Å². The maximum atomic E-state index is 12.5. The highest BCUT2D eigenvalue weighted by molar-refractivity contribution is 6.30. The molecule has 0 radical (unpaired) electrons. The largest absolute Gasteiger partial charge is 0.493 e. The molecule has 0 fully saturated rings. The van der Waals surface area contributed by atoms with Crippen molar-refractivity contribution in [3.63, 3.8) is 0 Å². The van der Waals surface area contributed by atoms with Gasteiger partial charge in [0.05, 0.1) is 12.5 Å². The Labute approximate surface area is 133 Å². The van der Waals surface area contributed by atoms with E-state index in [9.17, 15) is 4.79 Å². The van der Waals surface area contributed by atoms with Crippen LogP contribution in [0.15, 0.2) is 54.6 Å². The summed E-state index contributed by atoms with van der Waals surface area (Å²) >= 11 is 5.90. The molecule has 2 heterocycles. The van der Waals surface area contributed by atoms with Crippen LogP contribution in [0.2, 0.25) is 5.02 Å². The number of carbonyl (C=O) groups excluding carboxylic acids is 1. The molecule has 4 rings (SSSR count). The van der Waals surface area contributed by atoms with Gasteiger partial charge in [0.1, 0.15) is 11.5 Å². The van der Waals surface area contributed by atoms with Gasteiger partial charge in [0.15, 0.2) is 0 Å². The monoisotopic (exact) mass is 312 g/mol. The van der Waals surface area contributed by atoms with Crippen molar-refractivity contribution < 1.29 is 14.3 Å². The van der Waals surface area contributed by atoms with Gasteiger partial charge in [0.2, 0.25) is 0 Å². The Morgan fingerprint density at radius 1 is 1.05 bits per heavy atom. The Morgan fingerprint density at radius 2 is 1.82 bits per heavy atom. The minimum atomic E-state index is -0.291. The molecule has 2 aliphatic rings. The number of benzene rings is 2. The summed E-state index contributed by atoms with van der Waals surface area (Å²) in [6, 6.07) is 14.9. The zero-order chi connectivity index (χ0) is 15.1. The lowest BCUT2D eigenvalue weighted by atomic mass is 9.82. The Hall–Kier alpha value is -2.26. The summed E-state index contributed by atoms with van der Waals surface area (Å²) in [7, 11) is 0. The van der Waals surface area contributed by atoms with E-state index in [2.05, 4.69) is 0 Å². The van der Waals surface area contributed by atoms with Gasteiger partial charge in [-0.25, -0.2) is 0 Å². The fourth-order valence-corrected chi connectivity index (χ4v) is 3.12. The summed E-state index contributed by atoms with van der Waals surface area (Å²) in [5.74, 6) is 0.811. The van der Waals surface area contributed by atoms with E-state index in [1.807, 2.05) is 42.5 Å². The third-order valence-electron chi connectivity index (χ3n) is 4.07. The molecule has 0 amide bonds. The van der Waals surface area contributed by atoms with E-state index in [0.717, 1.165) is 16.9 Å². The number of rotatable bonds is 1. The third-order valence-corrected chi connectivity index (χ3v) is 4.32. The van der Waals surface area contributed by atoms with Crippen molar-refractivity contribution in [2.45, 2.75) is 5.92 Å². The Kier molecular flexibility index (Phi) is 3.16. The second-order valence-electron chi connectivity index (χ2n) is 5.45. The maximum absolute atomic E-state index is 12.5. The summed E-state index contributed by atoms with van der Waals surface area (Å²) < 4.78 is 11.3. The molecule has 0 N–H and O–H groups in total. The van der Waals surface area contributed by atoms with Gasteiger partial charge >= 0.3 is 5.97 Å². The molecule has 0 bridgehead atoms. The molecule has 0 saturated carbocycles. The standard InChI is InChI=1S/C18H13ClO3/c19-13-7-5-11(6-8-13)16-9-12-10-21-15-4-2-1-3-14(15)17(12)18(20)22-16/h1-9,12,17H,10H2/t12-,17-/m0/s1. The first-order valence-corrected chi connectivity index (χ1v) is 7.51. The zero-order valence-electron chi connectivity index (χ0n) is 11.7. The van der Waals surface area contributed by atoms with Gasteiger partial charge in [0, 0.05) is 22.1 Å². The van der Waals surface area contributed by atoms with E-state index in [1.165, 1.54) is 0 Å². The number of hydrogen-bond donors (Lipinski definition) is 0. The van der Waals surface area contributed by atoms with Crippen LogP contribution in [0.5, 0.6) is 5.75 Å². The van der Waals surface area contributed by atoms with Crippen LogP contribution in [0.3, 0.4) is 0 Å². The van der Waals surface area contributed by atoms with E-state index in [-0.39, 0.29) is 17.8 Å². The van der Waals surface area contributed by atoms with Crippen molar-refractivity contribution in [2.24, 2.45) is 5.92 Å². The van der Waals surface area contributed by atoms with Crippen LogP contribution in [0, 0.1) is 5.92 Å². The molecular weight excluding hydrogens is 300 g/mol. The average molecular weight is 313 g/mol. The normalized spacial score (nSPS) is 22.8. The first-order chi connectivity index (χ1) is 10.7. The van der Waals surface area contributed by atoms with Crippen molar-refractivity contribution in [3.05, 3.63) is 70.8 Å². The number of hydrogen-bond acceptors (Lipinski definition) is 3. The quantitative estimate of drug-likeness (QED) is 0.746. The van der Waals surface area contributed by atoms with E-state index in [1.54, 1.807) is 12.1 Å². The predicted molar refractivity (Wildman–Crippen MR) is 83.7 cm³/mol. The van der Waals surface area contributed by atoms with Crippen LogP contribution in [-0.4, -0.2) is 12.6 Å². The molecule has 22 heavy (non-hydrogen) atoms. The third kappa shape index (κ3) is 2.18. The van der Waals surface area contributed by atoms with Gasteiger partial charge in [-0.1, -0.05) is 29.8 Å². The molecule has 0 aliphatic carbocycles. The highest BCUT2D eigenvalue weighted by Gasteiger charge is 2.40. The predicted octanol–water partition coefficient (Wildman–Crippen LogP) is 4.03. The molecule has 0 unspecified atom stereocenters. The minimum Gasteiger partial charge on any atom is -0.493 e. The molecule has 3 nitrogen and oxygen atoms in total. The second-order valence-corrected chi connectivity index (χ2v) is 5.89. The first kappa shape index (κ1) is 13.4. The van der Waals surface area contributed by atoms with Crippen LogP contribution in [0.25, 0.3) is 5.76 Å². The van der Waals surface area contributed by atoms with Crippen molar-refractivity contribution >= 4 is 23.3 Å². The van der Waals surface area contributed by atoms with Crippen LogP contribution in [0.4, 0.5) is 0 Å². The van der Waals surface area contributed by atoms with E-state index >= 15 is 0 Å². The number of carbonyl (C=O) groups is 1. The SMILES string of the molecule is O=C1OC(c2ccc(Cl)cc2)=C[C@H]2COc3ccccc3[C@@H]12. The number of para-hydroxylation sites is 1. The highest BCUT2D eigenvalue weighted by Crippen LogP contribution is 2.42. The molecular formula is C18H13ClO3. The molecule has 2 atom stereocenters. The van der Waals surface area contributed by atoms with Gasteiger partial charge < -0.3 is 9.47 Å².